The standard InChI is InChI=1S/C47H53N5O12.3C2H6/c48-43-36-8-3-4-9-38(36)51(42(56)10-5-19-53)31-34-6-1-2-7-35(34)44(43)52(49)18-21-60-23-25-62-27-29-63-28-26-61-24-22-59-20-17-50-47(58)33-13-11-32(12-14-33)41-30-40(55)37-15-16-39(54)45(57)46(37)64-41;3*1-2/h1-4,6-9,11-16,19,30,54,57H,5,10,17-18,20-29,31,48-49H2,(H,50,58);3*1-2H3/b44-43-;;;. The van der Waals surface area contributed by atoms with Crippen molar-refractivity contribution in [1.82, 2.24) is 10.3 Å². The predicted octanol–water partition coefficient (Wildman–Crippen LogP) is 7.25. The number of nitrogens with zero attached hydrogens (tertiary/aromatic N) is 2. The Kier molecular flexibility index (Phi) is 26.6. The third-order valence-electron chi connectivity index (χ3n) is 10.2. The van der Waals surface area contributed by atoms with Crippen LogP contribution in [0.1, 0.15) is 81.4 Å². The first-order chi connectivity index (χ1) is 34.2. The van der Waals surface area contributed by atoms with Crippen LogP contribution < -0.4 is 27.2 Å². The zero-order valence-electron chi connectivity index (χ0n) is 41.4. The van der Waals surface area contributed by atoms with E-state index in [1.165, 1.54) is 18.2 Å². The van der Waals surface area contributed by atoms with Gasteiger partial charge < -0.3 is 64.1 Å². The van der Waals surface area contributed by atoms with Gasteiger partial charge in [-0.2, -0.15) is 0 Å². The number of hydrogen-bond donors (Lipinski definition) is 5. The second-order valence-electron chi connectivity index (χ2n) is 14.5. The molecule has 7 N–H and O–H groups in total. The number of aromatic hydroxyl groups is 2. The topological polar surface area (TPSA) is 239 Å². The highest BCUT2D eigenvalue weighted by atomic mass is 16.6. The van der Waals surface area contributed by atoms with Crippen molar-refractivity contribution < 1.29 is 52.7 Å². The number of nitrogens with one attached hydrogen (secondary N) is 1. The molecule has 0 saturated carbocycles. The number of amides is 2. The number of anilines is 1. The summed E-state index contributed by atoms with van der Waals surface area (Å²) in [5, 5.41) is 24.4. The second-order valence-corrected chi connectivity index (χ2v) is 14.5. The predicted molar refractivity (Wildman–Crippen MR) is 273 cm³/mol. The Bertz CT molecular complexity index is 2460. The zero-order chi connectivity index (χ0) is 51.3. The van der Waals surface area contributed by atoms with Gasteiger partial charge in [0.2, 0.25) is 11.7 Å². The molecule has 70 heavy (non-hydrogen) atoms. The van der Waals surface area contributed by atoms with Gasteiger partial charge in [0.1, 0.15) is 12.0 Å². The van der Waals surface area contributed by atoms with Crippen LogP contribution in [-0.2, 0) is 39.8 Å². The average molecular weight is 970 g/mol. The van der Waals surface area contributed by atoms with Crippen LogP contribution in [0.15, 0.2) is 100 Å². The largest absolute Gasteiger partial charge is 0.504 e. The number of carbonyl (C=O) groups excluding carboxylic acids is 3. The summed E-state index contributed by atoms with van der Waals surface area (Å²) in [7, 11) is 0. The van der Waals surface area contributed by atoms with Crippen LogP contribution in [0, 0.1) is 0 Å². The van der Waals surface area contributed by atoms with Crippen LogP contribution in [0.2, 0.25) is 0 Å². The molecule has 2 heterocycles. The first-order valence-electron chi connectivity index (χ1n) is 23.9. The summed E-state index contributed by atoms with van der Waals surface area (Å²) in [6, 6.07) is 25.4. The van der Waals surface area contributed by atoms with Crippen molar-refractivity contribution in [3.63, 3.8) is 0 Å². The lowest BCUT2D eigenvalue weighted by molar-refractivity contribution is -0.120. The number of phenolic OH excluding ortho intramolecular Hbond substituents is 2. The first kappa shape index (κ1) is 57.7. The maximum atomic E-state index is 13.2. The minimum absolute atomic E-state index is 0.0972. The van der Waals surface area contributed by atoms with Gasteiger partial charge in [-0.3, -0.25) is 14.4 Å². The van der Waals surface area contributed by atoms with Crippen molar-refractivity contribution in [1.29, 1.82) is 0 Å². The number of hydrogen-bond acceptors (Lipinski definition) is 15. The van der Waals surface area contributed by atoms with Gasteiger partial charge in [-0.1, -0.05) is 96.1 Å². The Labute approximate surface area is 410 Å². The lowest BCUT2D eigenvalue weighted by atomic mass is 9.95. The number of rotatable bonds is 24. The maximum absolute atomic E-state index is 13.2. The molecule has 0 aliphatic carbocycles. The van der Waals surface area contributed by atoms with Gasteiger partial charge in [-0.25, -0.2) is 5.84 Å². The number of fused-ring (bicyclic) bond motifs is 3. The fraction of sp³-hybridized carbons (Fsp3) is 0.396. The second kappa shape index (κ2) is 32.3. The molecule has 2 amide bonds. The van der Waals surface area contributed by atoms with E-state index in [2.05, 4.69) is 5.32 Å². The number of carbonyl (C=O) groups is 3. The number of phenols is 2. The summed E-state index contributed by atoms with van der Waals surface area (Å²) in [5.74, 6) is 5.41. The third-order valence-corrected chi connectivity index (χ3v) is 10.2. The SMILES string of the molecule is CC.CC.CC.N/C1=C(\N(N)CCOCCOCCOCCOCCOCCNC(=O)c2ccc(-c3cc(=O)c4ccc(O)c(O)c4o3)cc2)c2ccccc2CN(C(=O)CCC=O)c2ccccc21. The summed E-state index contributed by atoms with van der Waals surface area (Å²) in [4.78, 5) is 51.0. The van der Waals surface area contributed by atoms with E-state index in [1.54, 1.807) is 34.2 Å². The van der Waals surface area contributed by atoms with Crippen molar-refractivity contribution in [2.45, 2.75) is 60.9 Å². The molecule has 0 fully saturated rings. The Hall–Kier alpha value is -6.60. The Morgan fingerprint density at radius 1 is 0.743 bits per heavy atom. The fourth-order valence-electron chi connectivity index (χ4n) is 6.92. The normalized spacial score (nSPS) is 12.6. The van der Waals surface area contributed by atoms with E-state index in [0.717, 1.165) is 17.4 Å². The van der Waals surface area contributed by atoms with E-state index in [4.69, 9.17) is 39.7 Å². The first-order valence-corrected chi connectivity index (χ1v) is 23.9. The fourth-order valence-corrected chi connectivity index (χ4v) is 6.92. The molecule has 0 radical (unpaired) electrons. The molecule has 0 atom stereocenters. The summed E-state index contributed by atoms with van der Waals surface area (Å²) in [6.07, 6.45) is 0.980. The van der Waals surface area contributed by atoms with Crippen LogP contribution in [0.4, 0.5) is 5.69 Å². The van der Waals surface area contributed by atoms with E-state index in [-0.39, 0.29) is 53.4 Å². The monoisotopic (exact) mass is 970 g/mol. The molecule has 5 aromatic rings. The number of aldehydes is 1. The Morgan fingerprint density at radius 2 is 1.30 bits per heavy atom. The molecule has 4 aromatic carbocycles. The van der Waals surface area contributed by atoms with Gasteiger partial charge in [0.25, 0.3) is 5.91 Å². The van der Waals surface area contributed by atoms with Gasteiger partial charge in [0.05, 0.1) is 102 Å². The molecule has 17 heteroatoms. The van der Waals surface area contributed by atoms with Gasteiger partial charge in [-0.05, 0) is 35.9 Å². The summed E-state index contributed by atoms with van der Waals surface area (Å²) in [5.41, 5.74) is 11.3. The molecular formula is C53H71N5O12. The highest BCUT2D eigenvalue weighted by molar-refractivity contribution is 6.01. The van der Waals surface area contributed by atoms with Gasteiger partial charge in [0.15, 0.2) is 16.8 Å². The molecular weight excluding hydrogens is 899 g/mol. The van der Waals surface area contributed by atoms with E-state index in [0.29, 0.717) is 113 Å². The van der Waals surface area contributed by atoms with E-state index >= 15 is 0 Å². The number of ether oxygens (including phenoxy) is 5. The van der Waals surface area contributed by atoms with Gasteiger partial charge >= 0.3 is 0 Å². The quantitative estimate of drug-likeness (QED) is 0.0135. The number of hydrazine groups is 1. The van der Waals surface area contributed by atoms with Crippen LogP contribution in [-0.4, -0.2) is 112 Å². The van der Waals surface area contributed by atoms with Crippen molar-refractivity contribution in [3.05, 3.63) is 123 Å². The zero-order valence-corrected chi connectivity index (χ0v) is 41.4. The molecule has 0 spiro atoms. The minimum atomic E-state index is -0.519. The van der Waals surface area contributed by atoms with Crippen LogP contribution in [0.3, 0.4) is 0 Å². The van der Waals surface area contributed by atoms with Crippen molar-refractivity contribution in [3.8, 4) is 22.8 Å². The molecule has 1 aliphatic rings. The smallest absolute Gasteiger partial charge is 0.251 e. The summed E-state index contributed by atoms with van der Waals surface area (Å²) < 4.78 is 33.7. The number of benzene rings is 4. The molecule has 1 aliphatic heterocycles. The lowest BCUT2D eigenvalue weighted by Crippen LogP contribution is -2.37. The summed E-state index contributed by atoms with van der Waals surface area (Å²) in [6.45, 7) is 16.5. The van der Waals surface area contributed by atoms with Gasteiger partial charge in [-0.15, -0.1) is 0 Å². The van der Waals surface area contributed by atoms with E-state index in [1.807, 2.05) is 90.1 Å². The van der Waals surface area contributed by atoms with Crippen LogP contribution in [0.25, 0.3) is 33.7 Å². The van der Waals surface area contributed by atoms with Gasteiger partial charge in [0, 0.05) is 47.7 Å². The van der Waals surface area contributed by atoms with Crippen molar-refractivity contribution in [2.75, 3.05) is 84.1 Å². The third kappa shape index (κ3) is 16.8. The Balaban J connectivity index is 0.00000208. The summed E-state index contributed by atoms with van der Waals surface area (Å²) >= 11 is 0. The molecule has 1 aromatic heterocycles. The molecule has 17 nitrogen and oxygen atoms in total. The lowest BCUT2D eigenvalue weighted by Gasteiger charge is -2.32. The molecule has 0 unspecified atom stereocenters. The number of nitrogens with two attached hydrogens (primary N) is 2. The maximum Gasteiger partial charge on any atom is 0.251 e. The van der Waals surface area contributed by atoms with Crippen LogP contribution >= 0.6 is 0 Å². The van der Waals surface area contributed by atoms with E-state index < -0.39 is 11.5 Å². The average Bonchev–Trinajstić information content (AvgIpc) is 3.39. The minimum Gasteiger partial charge on any atom is -0.504 e. The van der Waals surface area contributed by atoms with Crippen LogP contribution in [0.5, 0.6) is 11.5 Å². The number of para-hydroxylation sites is 1. The van der Waals surface area contributed by atoms with Crippen molar-refractivity contribution >= 4 is 46.2 Å². The molecule has 0 saturated heterocycles. The molecule has 6 rings (SSSR count). The van der Waals surface area contributed by atoms with Crippen molar-refractivity contribution in [2.24, 2.45) is 11.6 Å². The molecule has 380 valence electrons. The highest BCUT2D eigenvalue weighted by Crippen LogP contribution is 2.37. The Morgan fingerprint density at radius 3 is 1.91 bits per heavy atom. The van der Waals surface area contributed by atoms with E-state index in [9.17, 15) is 29.4 Å². The highest BCUT2D eigenvalue weighted by Gasteiger charge is 2.27. The molecule has 0 bridgehead atoms.